The number of hydrogen-bond donors (Lipinski definition) is 4. The van der Waals surface area contributed by atoms with Gasteiger partial charge >= 0.3 is 6.09 Å². The second-order valence-corrected chi connectivity index (χ2v) is 6.28. The Morgan fingerprint density at radius 3 is 2.58 bits per heavy atom. The van der Waals surface area contributed by atoms with E-state index in [9.17, 15) is 9.59 Å². The van der Waals surface area contributed by atoms with Gasteiger partial charge in [-0.15, -0.1) is 0 Å². The third-order valence-corrected chi connectivity index (χ3v) is 4.53. The monoisotopic (exact) mass is 389 g/mol. The largest absolute Gasteiger partial charge is 0.465 e. The zero-order valence-corrected chi connectivity index (χ0v) is 14.3. The second kappa shape index (κ2) is 6.01. The van der Waals surface area contributed by atoms with Crippen LogP contribution in [0.2, 0.25) is 10.0 Å². The summed E-state index contributed by atoms with van der Waals surface area (Å²) in [6.07, 6.45) is -1.22. The van der Waals surface area contributed by atoms with E-state index >= 15 is 0 Å². The number of nitrogens with zero attached hydrogens (tertiary/aromatic N) is 2. The van der Waals surface area contributed by atoms with Crippen LogP contribution in [-0.2, 0) is 0 Å². The maximum Gasteiger partial charge on any atom is 0.411 e. The molecular formula is C16H9Cl2N5O3. The lowest BCUT2D eigenvalue weighted by Crippen LogP contribution is -2.09. The molecule has 8 nitrogen and oxygen atoms in total. The maximum absolute atomic E-state index is 12.0. The van der Waals surface area contributed by atoms with Gasteiger partial charge in [0.25, 0.3) is 5.56 Å². The molecule has 4 aromatic rings. The highest BCUT2D eigenvalue weighted by molar-refractivity contribution is 6.43. The number of aromatic amines is 2. The SMILES string of the molecule is O=C(O)Nc1nc2cc(-c3n[nH]c(=O)c4cc(Cl)c(Cl)cc34)ccc2[nH]1. The van der Waals surface area contributed by atoms with Crippen LogP contribution in [0.4, 0.5) is 10.7 Å². The minimum Gasteiger partial charge on any atom is -0.465 e. The van der Waals surface area contributed by atoms with E-state index < -0.39 is 6.09 Å². The number of hydrogen-bond acceptors (Lipinski definition) is 4. The van der Waals surface area contributed by atoms with Crippen molar-refractivity contribution in [3.8, 4) is 11.3 Å². The normalized spacial score (nSPS) is 11.2. The first-order chi connectivity index (χ1) is 12.4. The molecule has 0 unspecified atom stereocenters. The molecule has 10 heteroatoms. The molecule has 0 bridgehead atoms. The summed E-state index contributed by atoms with van der Waals surface area (Å²) in [5.41, 5.74) is 1.97. The highest BCUT2D eigenvalue weighted by Crippen LogP contribution is 2.32. The van der Waals surface area contributed by atoms with Crippen molar-refractivity contribution in [1.82, 2.24) is 20.2 Å². The van der Waals surface area contributed by atoms with Gasteiger partial charge in [-0.2, -0.15) is 5.10 Å². The van der Waals surface area contributed by atoms with Gasteiger partial charge in [0.15, 0.2) is 0 Å². The van der Waals surface area contributed by atoms with Crippen LogP contribution in [0.25, 0.3) is 33.1 Å². The van der Waals surface area contributed by atoms with Gasteiger partial charge in [-0.05, 0) is 24.3 Å². The molecule has 0 saturated carbocycles. The molecule has 0 atom stereocenters. The lowest BCUT2D eigenvalue weighted by Gasteiger charge is -2.06. The number of H-pyrrole nitrogens is 2. The number of fused-ring (bicyclic) bond motifs is 2. The van der Waals surface area contributed by atoms with Crippen LogP contribution in [0.15, 0.2) is 35.1 Å². The van der Waals surface area contributed by atoms with Gasteiger partial charge in [0.1, 0.15) is 0 Å². The molecule has 26 heavy (non-hydrogen) atoms. The van der Waals surface area contributed by atoms with Crippen LogP contribution in [0.1, 0.15) is 0 Å². The summed E-state index contributed by atoms with van der Waals surface area (Å²) in [5, 5.41) is 19.0. The quantitative estimate of drug-likeness (QED) is 0.414. The summed E-state index contributed by atoms with van der Waals surface area (Å²) >= 11 is 12.1. The summed E-state index contributed by atoms with van der Waals surface area (Å²) in [4.78, 5) is 29.8. The average Bonchev–Trinajstić information content (AvgIpc) is 2.97. The Bertz CT molecular complexity index is 1250. The Morgan fingerprint density at radius 2 is 1.85 bits per heavy atom. The molecule has 2 heterocycles. The summed E-state index contributed by atoms with van der Waals surface area (Å²) < 4.78 is 0. The topological polar surface area (TPSA) is 124 Å². The number of carbonyl (C=O) groups is 1. The van der Waals surface area contributed by atoms with Gasteiger partial charge in [-0.3, -0.25) is 10.1 Å². The first kappa shape index (κ1) is 16.4. The van der Waals surface area contributed by atoms with Crippen molar-refractivity contribution in [3.63, 3.8) is 0 Å². The molecule has 2 aromatic carbocycles. The molecule has 2 aromatic heterocycles. The minimum absolute atomic E-state index is 0.110. The third-order valence-electron chi connectivity index (χ3n) is 3.81. The van der Waals surface area contributed by atoms with E-state index in [1.165, 1.54) is 6.07 Å². The third kappa shape index (κ3) is 2.75. The lowest BCUT2D eigenvalue weighted by atomic mass is 10.0. The number of aromatic nitrogens is 4. The molecule has 0 aliphatic heterocycles. The number of nitrogens with one attached hydrogen (secondary N) is 3. The van der Waals surface area contributed by atoms with E-state index in [1.54, 1.807) is 24.3 Å². The van der Waals surface area contributed by atoms with Crippen molar-refractivity contribution >= 4 is 57.0 Å². The zero-order chi connectivity index (χ0) is 18.4. The van der Waals surface area contributed by atoms with E-state index in [1.807, 2.05) is 0 Å². The van der Waals surface area contributed by atoms with Crippen LogP contribution in [0.5, 0.6) is 0 Å². The molecular weight excluding hydrogens is 381 g/mol. The Kier molecular flexibility index (Phi) is 3.78. The van der Waals surface area contributed by atoms with Crippen LogP contribution >= 0.6 is 23.2 Å². The fraction of sp³-hybridized carbons (Fsp3) is 0. The van der Waals surface area contributed by atoms with E-state index in [0.717, 1.165) is 0 Å². The average molecular weight is 390 g/mol. The number of carboxylic acid groups (broad SMARTS) is 1. The van der Waals surface area contributed by atoms with E-state index in [2.05, 4.69) is 25.5 Å². The number of benzene rings is 2. The van der Waals surface area contributed by atoms with Gasteiger partial charge in [0.05, 0.1) is 32.2 Å². The minimum atomic E-state index is -1.22. The fourth-order valence-corrected chi connectivity index (χ4v) is 3.02. The van der Waals surface area contributed by atoms with Crippen molar-refractivity contribution < 1.29 is 9.90 Å². The van der Waals surface area contributed by atoms with E-state index in [4.69, 9.17) is 28.3 Å². The first-order valence-electron chi connectivity index (χ1n) is 7.30. The number of anilines is 1. The van der Waals surface area contributed by atoms with Gasteiger partial charge in [-0.1, -0.05) is 29.3 Å². The zero-order valence-electron chi connectivity index (χ0n) is 12.8. The summed E-state index contributed by atoms with van der Waals surface area (Å²) in [5.74, 6) is 0.110. The number of rotatable bonds is 2. The molecule has 0 fully saturated rings. The first-order valence-corrected chi connectivity index (χ1v) is 8.05. The Hall–Kier alpha value is -3.10. The number of imidazole rings is 1. The highest BCUT2D eigenvalue weighted by Gasteiger charge is 2.13. The van der Waals surface area contributed by atoms with Gasteiger partial charge in [-0.25, -0.2) is 14.9 Å². The smallest absolute Gasteiger partial charge is 0.411 e. The molecule has 0 aliphatic carbocycles. The molecule has 1 amide bonds. The van der Waals surface area contributed by atoms with E-state index in [0.29, 0.717) is 38.1 Å². The molecule has 0 saturated heterocycles. The maximum atomic E-state index is 12.0. The van der Waals surface area contributed by atoms with Gasteiger partial charge < -0.3 is 10.1 Å². The second-order valence-electron chi connectivity index (χ2n) is 5.46. The Labute approximate surface area is 154 Å². The number of amides is 1. The van der Waals surface area contributed by atoms with Crippen molar-refractivity contribution in [2.45, 2.75) is 0 Å². The molecule has 130 valence electrons. The van der Waals surface area contributed by atoms with Crippen LogP contribution in [0, 0.1) is 0 Å². The van der Waals surface area contributed by atoms with Crippen LogP contribution in [0.3, 0.4) is 0 Å². The van der Waals surface area contributed by atoms with Gasteiger partial charge in [0, 0.05) is 10.9 Å². The standard InChI is InChI=1S/C16H9Cl2N5O3/c17-9-4-7-8(5-10(9)18)14(24)23-22-13(7)6-1-2-11-12(3-6)20-15(19-11)21-16(25)26/h1-5H,(H,23,24)(H,25,26)(H2,19,20,21). The van der Waals surface area contributed by atoms with Crippen LogP contribution in [-0.4, -0.2) is 31.4 Å². The Balaban J connectivity index is 1.92. The number of halogens is 2. The fourth-order valence-electron chi connectivity index (χ4n) is 2.69. The predicted molar refractivity (Wildman–Crippen MR) is 99.1 cm³/mol. The van der Waals surface area contributed by atoms with Crippen molar-refractivity contribution in [2.75, 3.05) is 5.32 Å². The molecule has 0 aliphatic rings. The van der Waals surface area contributed by atoms with Gasteiger partial charge in [0.2, 0.25) is 5.95 Å². The van der Waals surface area contributed by atoms with Crippen molar-refractivity contribution in [2.24, 2.45) is 0 Å². The summed E-state index contributed by atoms with van der Waals surface area (Å²) in [6, 6.07) is 8.31. The summed E-state index contributed by atoms with van der Waals surface area (Å²) in [7, 11) is 0. The molecule has 0 radical (unpaired) electrons. The molecule has 4 rings (SSSR count). The van der Waals surface area contributed by atoms with Crippen molar-refractivity contribution in [3.05, 3.63) is 50.7 Å². The highest BCUT2D eigenvalue weighted by atomic mass is 35.5. The van der Waals surface area contributed by atoms with Crippen LogP contribution < -0.4 is 10.9 Å². The van der Waals surface area contributed by atoms with Crippen molar-refractivity contribution in [1.29, 1.82) is 0 Å². The predicted octanol–water partition coefficient (Wildman–Crippen LogP) is 3.86. The molecule has 0 spiro atoms. The lowest BCUT2D eigenvalue weighted by molar-refractivity contribution is 0.209. The van der Waals surface area contributed by atoms with E-state index in [-0.39, 0.29) is 16.5 Å². The Morgan fingerprint density at radius 1 is 1.12 bits per heavy atom. The summed E-state index contributed by atoms with van der Waals surface area (Å²) in [6.45, 7) is 0. The molecule has 4 N–H and O–H groups in total.